The molecule has 1 atom stereocenters. The highest BCUT2D eigenvalue weighted by Gasteiger charge is 2.37. The first kappa shape index (κ1) is 13.1. The van der Waals surface area contributed by atoms with Gasteiger partial charge in [-0.1, -0.05) is 18.2 Å². The Hall–Kier alpha value is -0.850. The van der Waals surface area contributed by atoms with Crippen molar-refractivity contribution in [1.82, 2.24) is 0 Å². The number of benzene rings is 1. The van der Waals surface area contributed by atoms with Gasteiger partial charge < -0.3 is 0 Å². The fourth-order valence-electron chi connectivity index (χ4n) is 2.46. The summed E-state index contributed by atoms with van der Waals surface area (Å²) in [7, 11) is -3.48. The SMILES string of the molecule is CC1Cc2ccccc2N1S(=O)(=O)c1sccc1Br. The number of fused-ring (bicyclic) bond motifs is 1. The third-order valence-corrected chi connectivity index (χ3v) is 7.80. The molecule has 2 aromatic rings. The van der Waals surface area contributed by atoms with Gasteiger partial charge in [0.05, 0.1) is 5.69 Å². The van der Waals surface area contributed by atoms with Crippen molar-refractivity contribution < 1.29 is 8.42 Å². The summed E-state index contributed by atoms with van der Waals surface area (Å²) in [5.74, 6) is 0. The molecule has 1 unspecified atom stereocenters. The Morgan fingerprint density at radius 3 is 2.74 bits per heavy atom. The molecule has 0 saturated heterocycles. The highest BCUT2D eigenvalue weighted by Crippen LogP contribution is 2.39. The summed E-state index contributed by atoms with van der Waals surface area (Å²) in [6.45, 7) is 1.94. The van der Waals surface area contributed by atoms with Crippen LogP contribution in [0.5, 0.6) is 0 Å². The van der Waals surface area contributed by atoms with E-state index >= 15 is 0 Å². The number of thiophene rings is 1. The average Bonchev–Trinajstić information content (AvgIpc) is 2.91. The van der Waals surface area contributed by atoms with Gasteiger partial charge in [0, 0.05) is 10.5 Å². The Balaban J connectivity index is 2.15. The number of anilines is 1. The first-order valence-electron chi connectivity index (χ1n) is 5.87. The van der Waals surface area contributed by atoms with Crippen LogP contribution in [0.1, 0.15) is 12.5 Å². The highest BCUT2D eigenvalue weighted by molar-refractivity contribution is 9.10. The van der Waals surface area contributed by atoms with Crippen LogP contribution in [-0.4, -0.2) is 14.5 Å². The van der Waals surface area contributed by atoms with Gasteiger partial charge >= 0.3 is 0 Å². The lowest BCUT2D eigenvalue weighted by Crippen LogP contribution is -2.35. The standard InChI is InChI=1S/C13H12BrNO2S2/c1-9-8-10-4-2-3-5-12(10)15(9)19(16,17)13-11(14)6-7-18-13/h2-7,9H,8H2,1H3. The van der Waals surface area contributed by atoms with Crippen molar-refractivity contribution in [2.24, 2.45) is 0 Å². The van der Waals surface area contributed by atoms with Crippen molar-refractivity contribution in [3.05, 3.63) is 45.7 Å². The summed E-state index contributed by atoms with van der Waals surface area (Å²) in [6.07, 6.45) is 0.762. The largest absolute Gasteiger partial charge is 0.275 e. The Labute approximate surface area is 125 Å². The first-order chi connectivity index (χ1) is 9.01. The van der Waals surface area contributed by atoms with Crippen molar-refractivity contribution in [2.75, 3.05) is 4.31 Å². The predicted octanol–water partition coefficient (Wildman–Crippen LogP) is 3.65. The van der Waals surface area contributed by atoms with Crippen LogP contribution in [-0.2, 0) is 16.4 Å². The third kappa shape index (κ3) is 2.02. The Bertz CT molecular complexity index is 724. The molecule has 0 aliphatic carbocycles. The Morgan fingerprint density at radius 1 is 1.32 bits per heavy atom. The molecule has 6 heteroatoms. The number of sulfonamides is 1. The minimum absolute atomic E-state index is 0.0450. The zero-order valence-corrected chi connectivity index (χ0v) is 13.4. The van der Waals surface area contributed by atoms with E-state index < -0.39 is 10.0 Å². The molecular formula is C13H12BrNO2S2. The van der Waals surface area contributed by atoms with E-state index in [-0.39, 0.29) is 6.04 Å². The molecule has 19 heavy (non-hydrogen) atoms. The van der Waals surface area contributed by atoms with E-state index in [1.54, 1.807) is 15.8 Å². The summed E-state index contributed by atoms with van der Waals surface area (Å²) in [6, 6.07) is 9.41. The normalized spacial score (nSPS) is 18.6. The van der Waals surface area contributed by atoms with E-state index in [0.29, 0.717) is 8.68 Å². The summed E-state index contributed by atoms with van der Waals surface area (Å²) in [5, 5.41) is 1.78. The molecule has 1 aliphatic heterocycles. The first-order valence-corrected chi connectivity index (χ1v) is 8.98. The van der Waals surface area contributed by atoms with E-state index in [1.807, 2.05) is 31.2 Å². The average molecular weight is 358 g/mol. The van der Waals surface area contributed by atoms with Gasteiger partial charge in [0.15, 0.2) is 4.21 Å². The summed E-state index contributed by atoms with van der Waals surface area (Å²) >= 11 is 4.56. The molecule has 3 rings (SSSR count). The van der Waals surface area contributed by atoms with E-state index in [0.717, 1.165) is 17.7 Å². The number of hydrogen-bond acceptors (Lipinski definition) is 3. The van der Waals surface area contributed by atoms with E-state index in [4.69, 9.17) is 0 Å². The zero-order valence-electron chi connectivity index (χ0n) is 10.2. The molecule has 1 aliphatic rings. The fraction of sp³-hybridized carbons (Fsp3) is 0.231. The molecule has 0 bridgehead atoms. The van der Waals surface area contributed by atoms with Crippen molar-refractivity contribution >= 4 is 43.0 Å². The maximum absolute atomic E-state index is 12.8. The lowest BCUT2D eigenvalue weighted by atomic mass is 10.1. The van der Waals surface area contributed by atoms with Crippen molar-refractivity contribution in [3.63, 3.8) is 0 Å². The lowest BCUT2D eigenvalue weighted by Gasteiger charge is -2.23. The summed E-state index contributed by atoms with van der Waals surface area (Å²) in [5.41, 5.74) is 1.89. The molecule has 0 fully saturated rings. The number of para-hydroxylation sites is 1. The highest BCUT2D eigenvalue weighted by atomic mass is 79.9. The van der Waals surface area contributed by atoms with Crippen LogP contribution in [0.25, 0.3) is 0 Å². The summed E-state index contributed by atoms with van der Waals surface area (Å²) in [4.78, 5) is 0. The maximum Gasteiger partial charge on any atom is 0.275 e. The molecule has 100 valence electrons. The maximum atomic E-state index is 12.8. The fourth-order valence-corrected chi connectivity index (χ4v) is 6.54. The molecule has 3 nitrogen and oxygen atoms in total. The Kier molecular flexibility index (Phi) is 3.19. The van der Waals surface area contributed by atoms with Crippen LogP contribution >= 0.6 is 27.3 Å². The minimum atomic E-state index is -3.48. The van der Waals surface area contributed by atoms with Crippen LogP contribution in [0.3, 0.4) is 0 Å². The van der Waals surface area contributed by atoms with Gasteiger partial charge in [-0.25, -0.2) is 8.42 Å². The number of nitrogens with zero attached hydrogens (tertiary/aromatic N) is 1. The number of hydrogen-bond donors (Lipinski definition) is 0. The second kappa shape index (κ2) is 4.61. The molecule has 0 N–H and O–H groups in total. The van der Waals surface area contributed by atoms with Crippen molar-refractivity contribution in [3.8, 4) is 0 Å². The topological polar surface area (TPSA) is 37.4 Å². The molecule has 1 aromatic heterocycles. The molecular weight excluding hydrogens is 346 g/mol. The van der Waals surface area contributed by atoms with Crippen LogP contribution in [0, 0.1) is 0 Å². The minimum Gasteiger partial charge on any atom is -0.262 e. The molecule has 0 radical (unpaired) electrons. The van der Waals surface area contributed by atoms with Crippen LogP contribution in [0.15, 0.2) is 44.4 Å². The second-order valence-corrected chi connectivity index (χ2v) is 8.32. The van der Waals surface area contributed by atoms with Crippen molar-refractivity contribution in [2.45, 2.75) is 23.6 Å². The molecule has 0 spiro atoms. The van der Waals surface area contributed by atoms with Crippen LogP contribution in [0.2, 0.25) is 0 Å². The smallest absolute Gasteiger partial charge is 0.262 e. The van der Waals surface area contributed by atoms with E-state index in [2.05, 4.69) is 15.9 Å². The monoisotopic (exact) mass is 357 g/mol. The molecule has 0 saturated carbocycles. The van der Waals surface area contributed by atoms with Crippen LogP contribution < -0.4 is 4.31 Å². The van der Waals surface area contributed by atoms with Crippen LogP contribution in [0.4, 0.5) is 5.69 Å². The lowest BCUT2D eigenvalue weighted by molar-refractivity contribution is 0.586. The van der Waals surface area contributed by atoms with E-state index in [9.17, 15) is 8.42 Å². The van der Waals surface area contributed by atoms with Crippen molar-refractivity contribution in [1.29, 1.82) is 0 Å². The second-order valence-electron chi connectivity index (χ2n) is 4.54. The van der Waals surface area contributed by atoms with Gasteiger partial charge in [-0.3, -0.25) is 4.31 Å². The van der Waals surface area contributed by atoms with Gasteiger partial charge in [-0.05, 0) is 52.4 Å². The number of halogens is 1. The van der Waals surface area contributed by atoms with E-state index in [1.165, 1.54) is 11.3 Å². The number of rotatable bonds is 2. The third-order valence-electron chi connectivity index (χ3n) is 3.22. The summed E-state index contributed by atoms with van der Waals surface area (Å²) < 4.78 is 28.1. The van der Waals surface area contributed by atoms with Gasteiger partial charge in [-0.2, -0.15) is 0 Å². The van der Waals surface area contributed by atoms with Gasteiger partial charge in [0.25, 0.3) is 10.0 Å². The van der Waals surface area contributed by atoms with Gasteiger partial charge in [-0.15, -0.1) is 11.3 Å². The molecule has 0 amide bonds. The predicted molar refractivity (Wildman–Crippen MR) is 81.3 cm³/mol. The quantitative estimate of drug-likeness (QED) is 0.822. The van der Waals surface area contributed by atoms with Gasteiger partial charge in [0.2, 0.25) is 0 Å². The Morgan fingerprint density at radius 2 is 2.05 bits per heavy atom. The van der Waals surface area contributed by atoms with Gasteiger partial charge in [0.1, 0.15) is 0 Å². The zero-order chi connectivity index (χ0) is 13.6. The molecule has 2 heterocycles. The molecule has 1 aromatic carbocycles.